The van der Waals surface area contributed by atoms with Crippen molar-refractivity contribution in [3.05, 3.63) is 77.9 Å². The Morgan fingerprint density at radius 1 is 1.07 bits per heavy atom. The van der Waals surface area contributed by atoms with Crippen LogP contribution < -0.4 is 5.73 Å². The second-order valence-electron chi connectivity index (χ2n) is 6.84. The summed E-state index contributed by atoms with van der Waals surface area (Å²) in [6.07, 6.45) is 0.696. The number of hydrogen-bond donors (Lipinski definition) is 1. The Balaban J connectivity index is 1.58. The van der Waals surface area contributed by atoms with E-state index in [1.165, 1.54) is 0 Å². The standard InChI is InChI=1S/C21H23N5O/c1-2-19-23-20(24-26(19)16-11-7-4-8-12-16)21(27)25-13-17(18(22)14-25)15-9-5-3-6-10-15/h3-12,17-18H,2,13-14,22H2,1H3/t17-,18+/m0/s1. The van der Waals surface area contributed by atoms with Crippen molar-refractivity contribution in [3.63, 3.8) is 0 Å². The first kappa shape index (κ1) is 17.4. The Hall–Kier alpha value is -2.99. The highest BCUT2D eigenvalue weighted by molar-refractivity contribution is 5.90. The summed E-state index contributed by atoms with van der Waals surface area (Å²) < 4.78 is 1.75. The van der Waals surface area contributed by atoms with Crippen molar-refractivity contribution in [2.45, 2.75) is 25.3 Å². The smallest absolute Gasteiger partial charge is 0.293 e. The predicted octanol–water partition coefficient (Wildman–Crippen LogP) is 2.40. The van der Waals surface area contributed by atoms with Crippen LogP contribution in [0.15, 0.2) is 60.7 Å². The molecule has 0 bridgehead atoms. The Bertz CT molecular complexity index is 922. The number of benzene rings is 2. The predicted molar refractivity (Wildman–Crippen MR) is 104 cm³/mol. The maximum absolute atomic E-state index is 13.0. The summed E-state index contributed by atoms with van der Waals surface area (Å²) in [4.78, 5) is 19.3. The average molecular weight is 361 g/mol. The second kappa shape index (κ2) is 7.32. The van der Waals surface area contributed by atoms with Gasteiger partial charge in [0.05, 0.1) is 5.69 Å². The molecule has 6 nitrogen and oxygen atoms in total. The zero-order valence-corrected chi connectivity index (χ0v) is 15.3. The summed E-state index contributed by atoms with van der Waals surface area (Å²) in [5, 5.41) is 4.49. The van der Waals surface area contributed by atoms with Gasteiger partial charge in [-0.05, 0) is 17.7 Å². The van der Waals surface area contributed by atoms with Gasteiger partial charge in [-0.2, -0.15) is 0 Å². The lowest BCUT2D eigenvalue weighted by molar-refractivity contribution is 0.0777. The van der Waals surface area contributed by atoms with E-state index < -0.39 is 0 Å². The number of carbonyl (C=O) groups excluding carboxylic acids is 1. The highest BCUT2D eigenvalue weighted by Gasteiger charge is 2.35. The van der Waals surface area contributed by atoms with Crippen LogP contribution in [0.1, 0.15) is 34.8 Å². The van der Waals surface area contributed by atoms with Gasteiger partial charge in [0.25, 0.3) is 5.91 Å². The van der Waals surface area contributed by atoms with Crippen molar-refractivity contribution in [1.82, 2.24) is 19.7 Å². The molecule has 0 aliphatic carbocycles. The van der Waals surface area contributed by atoms with Crippen molar-refractivity contribution in [3.8, 4) is 5.69 Å². The molecule has 1 saturated heterocycles. The van der Waals surface area contributed by atoms with Crippen LogP contribution in [0, 0.1) is 0 Å². The average Bonchev–Trinajstić information content (AvgIpc) is 3.32. The molecule has 0 saturated carbocycles. The fraction of sp³-hybridized carbons (Fsp3) is 0.286. The van der Waals surface area contributed by atoms with E-state index in [4.69, 9.17) is 5.73 Å². The van der Waals surface area contributed by atoms with Crippen LogP contribution in [-0.4, -0.2) is 44.7 Å². The van der Waals surface area contributed by atoms with Crippen LogP contribution >= 0.6 is 0 Å². The van der Waals surface area contributed by atoms with E-state index in [0.29, 0.717) is 19.5 Å². The Morgan fingerprint density at radius 3 is 2.41 bits per heavy atom. The highest BCUT2D eigenvalue weighted by atomic mass is 16.2. The molecular formula is C21H23N5O. The van der Waals surface area contributed by atoms with Gasteiger partial charge >= 0.3 is 0 Å². The van der Waals surface area contributed by atoms with E-state index in [2.05, 4.69) is 22.2 Å². The molecule has 1 aliphatic rings. The lowest BCUT2D eigenvalue weighted by atomic mass is 9.95. The Kier molecular flexibility index (Phi) is 4.73. The van der Waals surface area contributed by atoms with Crippen LogP contribution in [0.3, 0.4) is 0 Å². The maximum atomic E-state index is 13.0. The van der Waals surface area contributed by atoms with Gasteiger partial charge < -0.3 is 10.6 Å². The summed E-state index contributed by atoms with van der Waals surface area (Å²) in [5.41, 5.74) is 8.40. The summed E-state index contributed by atoms with van der Waals surface area (Å²) >= 11 is 0. The van der Waals surface area contributed by atoms with Crippen LogP contribution in [0.5, 0.6) is 0 Å². The molecule has 0 radical (unpaired) electrons. The molecular weight excluding hydrogens is 338 g/mol. The van der Waals surface area contributed by atoms with Gasteiger partial charge in [0.1, 0.15) is 5.82 Å². The molecule has 0 unspecified atom stereocenters. The molecule has 6 heteroatoms. The number of rotatable bonds is 4. The highest BCUT2D eigenvalue weighted by Crippen LogP contribution is 2.27. The van der Waals surface area contributed by atoms with Crippen LogP contribution in [-0.2, 0) is 6.42 Å². The van der Waals surface area contributed by atoms with Gasteiger partial charge in [0.2, 0.25) is 5.82 Å². The summed E-state index contributed by atoms with van der Waals surface area (Å²) in [5.74, 6) is 0.981. The molecule has 4 rings (SSSR count). The van der Waals surface area contributed by atoms with Crippen LogP contribution in [0.2, 0.25) is 0 Å². The topological polar surface area (TPSA) is 77.0 Å². The van der Waals surface area contributed by atoms with Gasteiger partial charge in [-0.1, -0.05) is 55.5 Å². The minimum Gasteiger partial charge on any atom is -0.334 e. The number of hydrogen-bond acceptors (Lipinski definition) is 4. The molecule has 3 aromatic rings. The summed E-state index contributed by atoms with van der Waals surface area (Å²) in [7, 11) is 0. The zero-order chi connectivity index (χ0) is 18.8. The van der Waals surface area contributed by atoms with Crippen molar-refractivity contribution >= 4 is 5.91 Å². The summed E-state index contributed by atoms with van der Waals surface area (Å²) in [6.45, 7) is 3.11. The molecule has 2 N–H and O–H groups in total. The maximum Gasteiger partial charge on any atom is 0.293 e. The summed E-state index contributed by atoms with van der Waals surface area (Å²) in [6, 6.07) is 19.8. The van der Waals surface area contributed by atoms with E-state index in [0.717, 1.165) is 17.1 Å². The molecule has 1 fully saturated rings. The number of para-hydroxylation sites is 1. The fourth-order valence-corrected chi connectivity index (χ4v) is 3.63. The number of aryl methyl sites for hydroxylation is 1. The Labute approximate surface area is 158 Å². The zero-order valence-electron chi connectivity index (χ0n) is 15.3. The van der Waals surface area contributed by atoms with E-state index in [9.17, 15) is 4.79 Å². The number of aromatic nitrogens is 3. The normalized spacial score (nSPS) is 19.4. The number of likely N-dealkylation sites (tertiary alicyclic amines) is 1. The second-order valence-corrected chi connectivity index (χ2v) is 6.84. The third-order valence-corrected chi connectivity index (χ3v) is 5.06. The van der Waals surface area contributed by atoms with E-state index in [-0.39, 0.29) is 23.7 Å². The third-order valence-electron chi connectivity index (χ3n) is 5.06. The van der Waals surface area contributed by atoms with Gasteiger partial charge in [-0.3, -0.25) is 4.79 Å². The monoisotopic (exact) mass is 361 g/mol. The molecule has 138 valence electrons. The fourth-order valence-electron chi connectivity index (χ4n) is 3.63. The molecule has 27 heavy (non-hydrogen) atoms. The quantitative estimate of drug-likeness (QED) is 0.774. The van der Waals surface area contributed by atoms with Crippen molar-refractivity contribution in [1.29, 1.82) is 0 Å². The lowest BCUT2D eigenvalue weighted by Crippen LogP contribution is -2.32. The molecule has 1 amide bonds. The SMILES string of the molecule is CCc1nc(C(=O)N2C[C@@H](N)[C@H](c3ccccc3)C2)nn1-c1ccccc1. The first-order chi connectivity index (χ1) is 13.2. The number of amides is 1. The van der Waals surface area contributed by atoms with E-state index >= 15 is 0 Å². The number of nitrogens with two attached hydrogens (primary N) is 1. The van der Waals surface area contributed by atoms with Crippen LogP contribution in [0.4, 0.5) is 0 Å². The minimum absolute atomic E-state index is 0.0850. The Morgan fingerprint density at radius 2 is 1.74 bits per heavy atom. The van der Waals surface area contributed by atoms with Gasteiger partial charge in [0.15, 0.2) is 0 Å². The first-order valence-corrected chi connectivity index (χ1v) is 9.28. The molecule has 2 aromatic carbocycles. The van der Waals surface area contributed by atoms with Gasteiger partial charge in [0, 0.05) is 31.5 Å². The molecule has 2 heterocycles. The first-order valence-electron chi connectivity index (χ1n) is 9.28. The van der Waals surface area contributed by atoms with Crippen molar-refractivity contribution in [2.24, 2.45) is 5.73 Å². The van der Waals surface area contributed by atoms with E-state index in [1.807, 2.05) is 55.5 Å². The molecule has 0 spiro atoms. The number of nitrogens with zero attached hydrogens (tertiary/aromatic N) is 4. The lowest BCUT2D eigenvalue weighted by Gasteiger charge is -2.14. The third kappa shape index (κ3) is 3.36. The molecule has 1 aliphatic heterocycles. The molecule has 2 atom stereocenters. The van der Waals surface area contributed by atoms with Crippen molar-refractivity contribution < 1.29 is 4.79 Å². The number of carbonyl (C=O) groups is 1. The van der Waals surface area contributed by atoms with Crippen molar-refractivity contribution in [2.75, 3.05) is 13.1 Å². The largest absolute Gasteiger partial charge is 0.334 e. The van der Waals surface area contributed by atoms with Gasteiger partial charge in [-0.15, -0.1) is 5.10 Å². The van der Waals surface area contributed by atoms with Gasteiger partial charge in [-0.25, -0.2) is 9.67 Å². The minimum atomic E-state index is -0.159. The van der Waals surface area contributed by atoms with Crippen LogP contribution in [0.25, 0.3) is 5.69 Å². The molecule has 1 aromatic heterocycles. The van der Waals surface area contributed by atoms with E-state index in [1.54, 1.807) is 9.58 Å².